The maximum absolute atomic E-state index is 5.92. The van der Waals surface area contributed by atoms with E-state index in [9.17, 15) is 0 Å². The molecule has 1 N–H and O–H groups in total. The number of aromatic nitrogens is 1. The van der Waals surface area contributed by atoms with Gasteiger partial charge in [-0.25, -0.2) is 0 Å². The summed E-state index contributed by atoms with van der Waals surface area (Å²) < 4.78 is 0. The minimum absolute atomic E-state index is 0.757. The summed E-state index contributed by atoms with van der Waals surface area (Å²) >= 11 is 5.92. The molecular formula is C13H13ClN2. The average molecular weight is 233 g/mol. The van der Waals surface area contributed by atoms with Crippen molar-refractivity contribution in [1.82, 2.24) is 4.98 Å². The van der Waals surface area contributed by atoms with Crippen molar-refractivity contribution < 1.29 is 0 Å². The minimum Gasteiger partial charge on any atom is -0.380 e. The third-order valence-electron chi connectivity index (χ3n) is 2.38. The first-order valence-corrected chi connectivity index (χ1v) is 5.53. The Labute approximate surface area is 100 Å². The molecule has 0 aliphatic heterocycles. The molecule has 16 heavy (non-hydrogen) atoms. The predicted molar refractivity (Wildman–Crippen MR) is 67.8 cm³/mol. The van der Waals surface area contributed by atoms with Crippen LogP contribution < -0.4 is 5.32 Å². The Kier molecular flexibility index (Phi) is 3.42. The second-order valence-electron chi connectivity index (χ2n) is 3.62. The predicted octanol–water partition coefficient (Wildman–Crippen LogP) is 3.66. The lowest BCUT2D eigenvalue weighted by Gasteiger charge is -2.08. The molecule has 0 atom stereocenters. The van der Waals surface area contributed by atoms with Crippen LogP contribution >= 0.6 is 11.6 Å². The van der Waals surface area contributed by atoms with Crippen molar-refractivity contribution in [2.45, 2.75) is 13.5 Å². The number of pyridine rings is 1. The van der Waals surface area contributed by atoms with Crippen LogP contribution in [0.15, 0.2) is 42.6 Å². The van der Waals surface area contributed by atoms with Gasteiger partial charge in [-0.05, 0) is 36.8 Å². The van der Waals surface area contributed by atoms with Gasteiger partial charge in [0.25, 0.3) is 0 Å². The molecule has 82 valence electrons. The van der Waals surface area contributed by atoms with Crippen molar-refractivity contribution in [3.8, 4) is 0 Å². The van der Waals surface area contributed by atoms with Crippen molar-refractivity contribution in [3.05, 3.63) is 58.9 Å². The van der Waals surface area contributed by atoms with Gasteiger partial charge in [0.15, 0.2) is 0 Å². The van der Waals surface area contributed by atoms with E-state index in [1.807, 2.05) is 43.3 Å². The zero-order valence-electron chi connectivity index (χ0n) is 9.07. The zero-order chi connectivity index (χ0) is 11.4. The number of halogens is 1. The minimum atomic E-state index is 0.757. The fourth-order valence-corrected chi connectivity index (χ4v) is 1.73. The Morgan fingerprint density at radius 1 is 1.25 bits per heavy atom. The summed E-state index contributed by atoms with van der Waals surface area (Å²) in [6.07, 6.45) is 1.79. The summed E-state index contributed by atoms with van der Waals surface area (Å²) in [7, 11) is 0. The lowest BCUT2D eigenvalue weighted by Crippen LogP contribution is -2.01. The fourth-order valence-electron chi connectivity index (χ4n) is 1.52. The molecule has 0 aliphatic carbocycles. The van der Waals surface area contributed by atoms with Crippen LogP contribution in [0, 0.1) is 6.92 Å². The first kappa shape index (κ1) is 11.0. The van der Waals surface area contributed by atoms with Crippen LogP contribution in [0.5, 0.6) is 0 Å². The summed E-state index contributed by atoms with van der Waals surface area (Å²) in [5, 5.41) is 4.10. The summed E-state index contributed by atoms with van der Waals surface area (Å²) in [5.41, 5.74) is 3.22. The smallest absolute Gasteiger partial charge is 0.0603 e. The molecular weight excluding hydrogens is 220 g/mol. The number of nitrogens with zero attached hydrogens (tertiary/aromatic N) is 1. The van der Waals surface area contributed by atoms with Crippen LogP contribution in [0.2, 0.25) is 5.02 Å². The van der Waals surface area contributed by atoms with E-state index in [1.165, 1.54) is 0 Å². The molecule has 0 bridgehead atoms. The monoisotopic (exact) mass is 232 g/mol. The van der Waals surface area contributed by atoms with Crippen LogP contribution in [0.4, 0.5) is 5.69 Å². The third kappa shape index (κ3) is 2.74. The Morgan fingerprint density at radius 3 is 2.88 bits per heavy atom. The summed E-state index contributed by atoms with van der Waals surface area (Å²) in [6.45, 7) is 2.74. The standard InChI is InChI=1S/C13H13ClN2/c1-10-13(6-3-7-15-10)16-9-11-4-2-5-12(14)8-11/h2-8,16H,9H2,1H3. The fraction of sp³-hybridized carbons (Fsp3) is 0.154. The van der Waals surface area contributed by atoms with Gasteiger partial charge < -0.3 is 5.32 Å². The molecule has 0 saturated carbocycles. The summed E-state index contributed by atoms with van der Waals surface area (Å²) in [5.74, 6) is 0. The second kappa shape index (κ2) is 4.99. The molecule has 1 aromatic carbocycles. The van der Waals surface area contributed by atoms with E-state index >= 15 is 0 Å². The van der Waals surface area contributed by atoms with E-state index in [0.717, 1.165) is 28.5 Å². The van der Waals surface area contributed by atoms with Gasteiger partial charge in [0.05, 0.1) is 11.4 Å². The van der Waals surface area contributed by atoms with Crippen LogP contribution in [0.1, 0.15) is 11.3 Å². The van der Waals surface area contributed by atoms with Crippen molar-refractivity contribution in [2.75, 3.05) is 5.32 Å². The maximum Gasteiger partial charge on any atom is 0.0603 e. The molecule has 2 nitrogen and oxygen atoms in total. The highest BCUT2D eigenvalue weighted by molar-refractivity contribution is 6.30. The Morgan fingerprint density at radius 2 is 2.12 bits per heavy atom. The van der Waals surface area contributed by atoms with Gasteiger partial charge in [-0.2, -0.15) is 0 Å². The largest absolute Gasteiger partial charge is 0.380 e. The normalized spacial score (nSPS) is 10.1. The summed E-state index contributed by atoms with van der Waals surface area (Å²) in [4.78, 5) is 4.22. The van der Waals surface area contributed by atoms with E-state index in [4.69, 9.17) is 11.6 Å². The van der Waals surface area contributed by atoms with Crippen molar-refractivity contribution in [1.29, 1.82) is 0 Å². The first-order valence-electron chi connectivity index (χ1n) is 5.15. The molecule has 0 amide bonds. The van der Waals surface area contributed by atoms with Crippen molar-refractivity contribution in [2.24, 2.45) is 0 Å². The van der Waals surface area contributed by atoms with Gasteiger partial charge in [0, 0.05) is 17.8 Å². The molecule has 0 fully saturated rings. The number of hydrogen-bond donors (Lipinski definition) is 1. The van der Waals surface area contributed by atoms with Gasteiger partial charge in [0.1, 0.15) is 0 Å². The van der Waals surface area contributed by atoms with Gasteiger partial charge in [0.2, 0.25) is 0 Å². The molecule has 1 aromatic heterocycles. The Hall–Kier alpha value is -1.54. The number of aryl methyl sites for hydroxylation is 1. The van der Waals surface area contributed by atoms with Gasteiger partial charge >= 0.3 is 0 Å². The molecule has 0 saturated heterocycles. The first-order chi connectivity index (χ1) is 7.75. The molecule has 0 aliphatic rings. The summed E-state index contributed by atoms with van der Waals surface area (Å²) in [6, 6.07) is 11.8. The average Bonchev–Trinajstić information content (AvgIpc) is 2.28. The molecule has 0 spiro atoms. The van der Waals surface area contributed by atoms with Gasteiger partial charge in [-0.1, -0.05) is 23.7 Å². The van der Waals surface area contributed by atoms with E-state index in [0.29, 0.717) is 0 Å². The quantitative estimate of drug-likeness (QED) is 0.874. The number of rotatable bonds is 3. The van der Waals surface area contributed by atoms with Crippen LogP contribution in [0.3, 0.4) is 0 Å². The zero-order valence-corrected chi connectivity index (χ0v) is 9.83. The van der Waals surface area contributed by atoms with E-state index < -0.39 is 0 Å². The van der Waals surface area contributed by atoms with E-state index in [-0.39, 0.29) is 0 Å². The Bertz CT molecular complexity index is 483. The highest BCUT2D eigenvalue weighted by Gasteiger charge is 1.98. The second-order valence-corrected chi connectivity index (χ2v) is 4.06. The maximum atomic E-state index is 5.92. The lowest BCUT2D eigenvalue weighted by molar-refractivity contribution is 1.11. The number of benzene rings is 1. The van der Waals surface area contributed by atoms with Crippen LogP contribution in [-0.4, -0.2) is 4.98 Å². The van der Waals surface area contributed by atoms with Gasteiger partial charge in [-0.15, -0.1) is 0 Å². The molecule has 3 heteroatoms. The highest BCUT2D eigenvalue weighted by Crippen LogP contribution is 2.14. The van der Waals surface area contributed by atoms with E-state index in [2.05, 4.69) is 10.3 Å². The van der Waals surface area contributed by atoms with E-state index in [1.54, 1.807) is 6.20 Å². The van der Waals surface area contributed by atoms with Crippen LogP contribution in [-0.2, 0) is 6.54 Å². The van der Waals surface area contributed by atoms with Gasteiger partial charge in [-0.3, -0.25) is 4.98 Å². The third-order valence-corrected chi connectivity index (χ3v) is 2.61. The molecule has 1 heterocycles. The van der Waals surface area contributed by atoms with Crippen molar-refractivity contribution >= 4 is 17.3 Å². The number of anilines is 1. The molecule has 0 radical (unpaired) electrons. The number of nitrogens with one attached hydrogen (secondary N) is 1. The SMILES string of the molecule is Cc1ncccc1NCc1cccc(Cl)c1. The van der Waals surface area contributed by atoms with Crippen molar-refractivity contribution in [3.63, 3.8) is 0 Å². The molecule has 2 rings (SSSR count). The Balaban J connectivity index is 2.05. The topological polar surface area (TPSA) is 24.9 Å². The number of hydrogen-bond acceptors (Lipinski definition) is 2. The molecule has 2 aromatic rings. The highest BCUT2D eigenvalue weighted by atomic mass is 35.5. The lowest BCUT2D eigenvalue weighted by atomic mass is 10.2. The van der Waals surface area contributed by atoms with Crippen LogP contribution in [0.25, 0.3) is 0 Å². The molecule has 0 unspecified atom stereocenters.